The number of hydrogen-bond donors (Lipinski definition) is 2. The van der Waals surface area contributed by atoms with Crippen LogP contribution < -0.4 is 66.9 Å². The zero-order chi connectivity index (χ0) is 30.6. The number of rotatable bonds is 14. The number of thiophene rings is 1. The first-order valence-electron chi connectivity index (χ1n) is 15.0. The van der Waals surface area contributed by atoms with E-state index in [9.17, 15) is 18.9 Å². The molecular weight excluding hydrogens is 608 g/mol. The minimum absolute atomic E-state index is 0. The number of fused-ring (bicyclic) bond motifs is 1. The molecule has 3 aromatic rings. The summed E-state index contributed by atoms with van der Waals surface area (Å²) in [5.74, 6) is 0.834. The maximum atomic E-state index is 12.8. The Hall–Kier alpha value is -1.18. The van der Waals surface area contributed by atoms with Crippen LogP contribution in [-0.4, -0.2) is 52.7 Å². The Morgan fingerprint density at radius 2 is 1.81 bits per heavy atom. The van der Waals surface area contributed by atoms with Crippen molar-refractivity contribution in [3.63, 3.8) is 0 Å². The summed E-state index contributed by atoms with van der Waals surface area (Å²) < 4.78 is 13.3. The average Bonchev–Trinajstić information content (AvgIpc) is 3.56. The summed E-state index contributed by atoms with van der Waals surface area (Å²) in [6.07, 6.45) is 12.0. The molecule has 43 heavy (non-hydrogen) atoms. The second-order valence-corrected chi connectivity index (χ2v) is 12.0. The van der Waals surface area contributed by atoms with Gasteiger partial charge in [-0.2, -0.15) is 0 Å². The predicted molar refractivity (Wildman–Crippen MR) is 176 cm³/mol. The topological polar surface area (TPSA) is 106 Å². The molecule has 0 radical (unpaired) electrons. The van der Waals surface area contributed by atoms with Gasteiger partial charge in [-0.05, 0) is 87.4 Å². The van der Waals surface area contributed by atoms with Crippen molar-refractivity contribution in [2.24, 2.45) is 0 Å². The Kier molecular flexibility index (Phi) is 22.3. The summed E-state index contributed by atoms with van der Waals surface area (Å²) >= 11 is 2.36. The van der Waals surface area contributed by atoms with Gasteiger partial charge in [0, 0.05) is 30.5 Å². The van der Waals surface area contributed by atoms with E-state index in [0.717, 1.165) is 55.5 Å². The summed E-state index contributed by atoms with van der Waals surface area (Å²) in [7, 11) is 0. The standard InChI is InChI=1S/C18H20N2OS.C7H15NO2S.C7H13NO.K/c1-4-19(15-7-5-6-13(2)10-15)18(21)12-20-14(3)11-17-16(20)8-9-22-17;9-7-8-5-3-1-2-4-6-11-10;9-6-8-7-4-2-1-3-5-7;/h5-11H,4,12H2,1-3H3;7,10H,1-6H2,(H,8,9);6-7H,1-5H2,(H,8,9);/q;;;+1/p-1. The molecule has 1 aromatic carbocycles. The number of hydrogen-bond acceptors (Lipinski definition) is 6. The first-order valence-corrected chi connectivity index (χ1v) is 16.8. The molecule has 8 nitrogen and oxygen atoms in total. The maximum Gasteiger partial charge on any atom is 1.00 e. The van der Waals surface area contributed by atoms with Crippen molar-refractivity contribution >= 4 is 58.0 Å². The number of amides is 3. The van der Waals surface area contributed by atoms with Gasteiger partial charge in [-0.1, -0.05) is 44.2 Å². The Morgan fingerprint density at radius 3 is 2.47 bits per heavy atom. The van der Waals surface area contributed by atoms with Crippen LogP contribution in [0.2, 0.25) is 0 Å². The molecule has 3 amide bonds. The van der Waals surface area contributed by atoms with Crippen LogP contribution >= 0.6 is 23.4 Å². The van der Waals surface area contributed by atoms with Crippen LogP contribution in [0, 0.1) is 13.8 Å². The molecule has 1 saturated carbocycles. The van der Waals surface area contributed by atoms with Crippen LogP contribution in [0.3, 0.4) is 0 Å². The molecule has 2 N–H and O–H groups in total. The molecule has 1 aliphatic carbocycles. The van der Waals surface area contributed by atoms with Gasteiger partial charge in [-0.3, -0.25) is 26.4 Å². The third-order valence-electron chi connectivity index (χ3n) is 7.24. The molecule has 232 valence electrons. The van der Waals surface area contributed by atoms with Crippen LogP contribution in [-0.2, 0) is 20.9 Å². The van der Waals surface area contributed by atoms with Crippen LogP contribution in [0.25, 0.3) is 10.2 Å². The number of carbonyl (C=O) groups excluding carboxylic acids is 3. The SMILES string of the molecule is CCN(C(=O)Cn1c(C)cc2sccc21)c1cccc(C)c1.O=CNC1CCCCC1.O=CNCCCCCCS[O-].[K+]. The van der Waals surface area contributed by atoms with E-state index in [2.05, 4.69) is 45.7 Å². The third-order valence-corrected chi connectivity index (χ3v) is 8.55. The van der Waals surface area contributed by atoms with E-state index in [-0.39, 0.29) is 57.3 Å². The van der Waals surface area contributed by atoms with Crippen LogP contribution in [0.4, 0.5) is 5.69 Å². The van der Waals surface area contributed by atoms with E-state index in [1.165, 1.54) is 42.4 Å². The normalized spacial score (nSPS) is 12.6. The largest absolute Gasteiger partial charge is 1.00 e. The van der Waals surface area contributed by atoms with Crippen molar-refractivity contribution in [1.82, 2.24) is 15.2 Å². The quantitative estimate of drug-likeness (QED) is 0.120. The van der Waals surface area contributed by atoms with Crippen molar-refractivity contribution in [3.05, 3.63) is 53.0 Å². The molecular formula is C32H47KN4O4S2. The number of anilines is 1. The Labute approximate surface area is 308 Å². The van der Waals surface area contributed by atoms with Gasteiger partial charge in [0.05, 0.1) is 10.2 Å². The van der Waals surface area contributed by atoms with E-state index in [1.54, 1.807) is 11.3 Å². The van der Waals surface area contributed by atoms with Gasteiger partial charge in [-0.15, -0.1) is 11.3 Å². The number of benzene rings is 1. The molecule has 0 unspecified atom stereocenters. The van der Waals surface area contributed by atoms with Crippen LogP contribution in [0.15, 0.2) is 41.8 Å². The van der Waals surface area contributed by atoms with Crippen LogP contribution in [0.1, 0.15) is 76.0 Å². The molecule has 0 saturated heterocycles. The predicted octanol–water partition coefficient (Wildman–Crippen LogP) is 3.60. The fraction of sp³-hybridized carbons (Fsp3) is 0.531. The second kappa shape index (κ2) is 24.1. The summed E-state index contributed by atoms with van der Waals surface area (Å²) in [5, 5.41) is 7.47. The minimum atomic E-state index is 0. The zero-order valence-electron chi connectivity index (χ0n) is 26.3. The Morgan fingerprint density at radius 1 is 1.07 bits per heavy atom. The van der Waals surface area contributed by atoms with Gasteiger partial charge in [0.2, 0.25) is 18.7 Å². The molecule has 0 atom stereocenters. The van der Waals surface area contributed by atoms with Crippen molar-refractivity contribution in [3.8, 4) is 0 Å². The molecule has 0 bridgehead atoms. The molecule has 2 aromatic heterocycles. The number of unbranched alkanes of at least 4 members (excludes halogenated alkanes) is 3. The molecule has 0 aliphatic heterocycles. The number of nitrogens with zero attached hydrogens (tertiary/aromatic N) is 2. The van der Waals surface area contributed by atoms with Gasteiger partial charge in [-0.25, -0.2) is 0 Å². The van der Waals surface area contributed by atoms with Gasteiger partial charge >= 0.3 is 51.4 Å². The monoisotopic (exact) mass is 654 g/mol. The zero-order valence-corrected chi connectivity index (χ0v) is 31.1. The summed E-state index contributed by atoms with van der Waals surface area (Å²) in [5.41, 5.74) is 4.42. The van der Waals surface area contributed by atoms with E-state index < -0.39 is 0 Å². The minimum Gasteiger partial charge on any atom is -0.799 e. The number of aryl methyl sites for hydroxylation is 2. The summed E-state index contributed by atoms with van der Waals surface area (Å²) in [6, 6.07) is 12.8. The maximum absolute atomic E-state index is 12.8. The molecule has 11 heteroatoms. The van der Waals surface area contributed by atoms with Gasteiger partial charge in [0.25, 0.3) is 0 Å². The van der Waals surface area contributed by atoms with Gasteiger partial charge in [0.1, 0.15) is 6.54 Å². The van der Waals surface area contributed by atoms with E-state index in [1.807, 2.05) is 36.9 Å². The smallest absolute Gasteiger partial charge is 0.799 e. The van der Waals surface area contributed by atoms with Gasteiger partial charge in [0.15, 0.2) is 0 Å². The number of likely N-dealkylation sites (N-methyl/N-ethyl adjacent to an activating group) is 1. The molecule has 1 aliphatic rings. The molecule has 4 rings (SSSR count). The van der Waals surface area contributed by atoms with Crippen molar-refractivity contribution in [2.75, 3.05) is 23.7 Å². The first kappa shape index (κ1) is 39.8. The van der Waals surface area contributed by atoms with Crippen molar-refractivity contribution in [1.29, 1.82) is 0 Å². The fourth-order valence-corrected chi connectivity index (χ4v) is 6.20. The fourth-order valence-electron chi connectivity index (χ4n) is 5.00. The Balaban J connectivity index is 0.000000370. The Bertz CT molecular complexity index is 1200. The van der Waals surface area contributed by atoms with E-state index in [4.69, 9.17) is 0 Å². The summed E-state index contributed by atoms with van der Waals surface area (Å²) in [4.78, 5) is 34.4. The van der Waals surface area contributed by atoms with Crippen molar-refractivity contribution < 1.29 is 70.3 Å². The second-order valence-electron chi connectivity index (χ2n) is 10.4. The average molecular weight is 655 g/mol. The molecule has 0 spiro atoms. The first-order chi connectivity index (χ1) is 20.4. The number of nitrogens with one attached hydrogen (secondary N) is 2. The number of carbonyl (C=O) groups is 3. The third kappa shape index (κ3) is 15.1. The van der Waals surface area contributed by atoms with E-state index in [0.29, 0.717) is 43.3 Å². The van der Waals surface area contributed by atoms with Crippen LogP contribution in [0.5, 0.6) is 0 Å². The van der Waals surface area contributed by atoms with E-state index >= 15 is 0 Å². The molecule has 1 fully saturated rings. The molecule has 2 heterocycles. The van der Waals surface area contributed by atoms with Crippen molar-refractivity contribution in [2.45, 2.75) is 91.1 Å². The summed E-state index contributed by atoms with van der Waals surface area (Å²) in [6.45, 7) is 7.94. The number of aromatic nitrogens is 1. The van der Waals surface area contributed by atoms with Gasteiger partial charge < -0.3 is 24.7 Å².